The molecular formula is C21H18N2O4. The first-order valence-electron chi connectivity index (χ1n) is 9.02. The number of esters is 1. The van der Waals surface area contributed by atoms with Crippen LogP contribution in [-0.2, 0) is 22.7 Å². The van der Waals surface area contributed by atoms with Crippen molar-refractivity contribution in [2.45, 2.75) is 32.4 Å². The number of pyridine rings is 2. The molecule has 2 aromatic heterocycles. The molecule has 0 saturated carbocycles. The zero-order chi connectivity index (χ0) is 18.7. The first kappa shape index (κ1) is 16.1. The Morgan fingerprint density at radius 2 is 2.11 bits per heavy atom. The highest BCUT2D eigenvalue weighted by molar-refractivity contribution is 5.86. The highest BCUT2D eigenvalue weighted by Gasteiger charge is 2.33. The zero-order valence-electron chi connectivity index (χ0n) is 15.1. The van der Waals surface area contributed by atoms with E-state index in [0.717, 1.165) is 39.2 Å². The number of hydrogen-bond donors (Lipinski definition) is 0. The van der Waals surface area contributed by atoms with Gasteiger partial charge in [0.15, 0.2) is 0 Å². The number of benzene rings is 1. The molecule has 2 aliphatic heterocycles. The van der Waals surface area contributed by atoms with E-state index in [0.29, 0.717) is 18.5 Å². The number of carbonyl (C=O) groups is 1. The van der Waals surface area contributed by atoms with Gasteiger partial charge in [0.2, 0.25) is 0 Å². The highest BCUT2D eigenvalue weighted by atomic mass is 16.5. The number of rotatable bonds is 2. The third-order valence-electron chi connectivity index (χ3n) is 5.53. The molecule has 1 atom stereocenters. The number of carbonyl (C=O) groups excluding carboxylic acids is 1. The van der Waals surface area contributed by atoms with Crippen LogP contribution in [0.5, 0.6) is 5.75 Å². The lowest BCUT2D eigenvalue weighted by atomic mass is 9.90. The van der Waals surface area contributed by atoms with Gasteiger partial charge in [-0.2, -0.15) is 0 Å². The molecule has 0 spiro atoms. The van der Waals surface area contributed by atoms with Crippen LogP contribution >= 0.6 is 0 Å². The SMILES string of the molecule is CCC1C(=O)OCc2c1cc1n(c2=O)Cc2cc3cc(OC)ccc3nc2-1. The fourth-order valence-corrected chi connectivity index (χ4v) is 4.11. The van der Waals surface area contributed by atoms with E-state index in [-0.39, 0.29) is 24.1 Å². The van der Waals surface area contributed by atoms with Crippen molar-refractivity contribution in [3.05, 3.63) is 57.4 Å². The van der Waals surface area contributed by atoms with E-state index >= 15 is 0 Å². The van der Waals surface area contributed by atoms with Crippen molar-refractivity contribution < 1.29 is 14.3 Å². The fraction of sp³-hybridized carbons (Fsp3) is 0.286. The molecule has 3 aromatic rings. The number of ether oxygens (including phenoxy) is 2. The normalized spacial score (nSPS) is 17.3. The van der Waals surface area contributed by atoms with Crippen molar-refractivity contribution >= 4 is 16.9 Å². The number of aromatic nitrogens is 2. The Bertz CT molecular complexity index is 1180. The van der Waals surface area contributed by atoms with Crippen molar-refractivity contribution in [3.8, 4) is 17.1 Å². The standard InChI is InChI=1S/C21H18N2O4/c1-3-14-15-8-18-19-12(6-11-7-13(26-2)4-5-17(11)22-19)9-23(18)20(24)16(15)10-27-21(14)25/h4-8,14H,3,9-10H2,1-2H3. The van der Waals surface area contributed by atoms with Gasteiger partial charge < -0.3 is 14.0 Å². The number of methoxy groups -OCH3 is 1. The fourth-order valence-electron chi connectivity index (χ4n) is 4.11. The molecule has 0 bridgehead atoms. The third kappa shape index (κ3) is 2.22. The largest absolute Gasteiger partial charge is 0.497 e. The average molecular weight is 362 g/mol. The van der Waals surface area contributed by atoms with Gasteiger partial charge in [-0.15, -0.1) is 0 Å². The van der Waals surface area contributed by atoms with Crippen LogP contribution in [-0.4, -0.2) is 22.6 Å². The van der Waals surface area contributed by atoms with Crippen molar-refractivity contribution in [3.63, 3.8) is 0 Å². The van der Waals surface area contributed by atoms with Gasteiger partial charge in [-0.1, -0.05) is 6.92 Å². The summed E-state index contributed by atoms with van der Waals surface area (Å²) < 4.78 is 12.3. The Labute approximate surface area is 155 Å². The second kappa shape index (κ2) is 5.67. The van der Waals surface area contributed by atoms with Crippen molar-refractivity contribution in [1.82, 2.24) is 9.55 Å². The zero-order valence-corrected chi connectivity index (χ0v) is 15.1. The van der Waals surface area contributed by atoms with Crippen molar-refractivity contribution in [2.75, 3.05) is 7.11 Å². The molecule has 6 heteroatoms. The lowest BCUT2D eigenvalue weighted by Crippen LogP contribution is -2.32. The smallest absolute Gasteiger partial charge is 0.313 e. The molecule has 1 aromatic carbocycles. The summed E-state index contributed by atoms with van der Waals surface area (Å²) in [6.45, 7) is 2.45. The third-order valence-corrected chi connectivity index (χ3v) is 5.53. The second-order valence-electron chi connectivity index (χ2n) is 6.98. The van der Waals surface area contributed by atoms with Gasteiger partial charge in [0.1, 0.15) is 12.4 Å². The van der Waals surface area contributed by atoms with E-state index in [1.165, 1.54) is 0 Å². The van der Waals surface area contributed by atoms with E-state index in [1.54, 1.807) is 11.7 Å². The van der Waals surface area contributed by atoms with Crippen molar-refractivity contribution in [1.29, 1.82) is 0 Å². The topological polar surface area (TPSA) is 70.4 Å². The lowest BCUT2D eigenvalue weighted by molar-refractivity contribution is -0.148. The molecule has 0 saturated heterocycles. The molecule has 136 valence electrons. The quantitative estimate of drug-likeness (QED) is 0.513. The van der Waals surface area contributed by atoms with E-state index in [9.17, 15) is 9.59 Å². The van der Waals surface area contributed by atoms with Crippen LogP contribution in [0.1, 0.15) is 36.0 Å². The van der Waals surface area contributed by atoms with Crippen LogP contribution in [0.25, 0.3) is 22.3 Å². The Balaban J connectivity index is 1.74. The molecule has 4 heterocycles. The van der Waals surface area contributed by atoms with Gasteiger partial charge in [0.25, 0.3) is 5.56 Å². The van der Waals surface area contributed by atoms with E-state index < -0.39 is 0 Å². The first-order chi connectivity index (χ1) is 13.1. The number of cyclic esters (lactones) is 1. The molecule has 2 aliphatic rings. The number of nitrogens with zero attached hydrogens (tertiary/aromatic N) is 2. The van der Waals surface area contributed by atoms with Gasteiger partial charge in [0.05, 0.1) is 42.0 Å². The average Bonchev–Trinajstić information content (AvgIpc) is 3.03. The maximum Gasteiger partial charge on any atom is 0.313 e. The molecule has 0 amide bonds. The molecule has 1 unspecified atom stereocenters. The maximum atomic E-state index is 13.1. The predicted molar refractivity (Wildman–Crippen MR) is 99.9 cm³/mol. The van der Waals surface area contributed by atoms with Gasteiger partial charge >= 0.3 is 5.97 Å². The molecule has 0 aliphatic carbocycles. The van der Waals surface area contributed by atoms with Crippen LogP contribution in [0.15, 0.2) is 35.1 Å². The summed E-state index contributed by atoms with van der Waals surface area (Å²) in [5.41, 5.74) is 4.71. The Hall–Kier alpha value is -3.15. The van der Waals surface area contributed by atoms with E-state index in [2.05, 4.69) is 6.07 Å². The lowest BCUT2D eigenvalue weighted by Gasteiger charge is -2.24. The minimum atomic E-state index is -0.388. The number of hydrogen-bond acceptors (Lipinski definition) is 5. The van der Waals surface area contributed by atoms with Crippen molar-refractivity contribution in [2.24, 2.45) is 0 Å². The first-order valence-corrected chi connectivity index (χ1v) is 9.02. The van der Waals surface area contributed by atoms with Gasteiger partial charge in [-0.05, 0) is 42.3 Å². The predicted octanol–water partition coefficient (Wildman–Crippen LogP) is 2.98. The summed E-state index contributed by atoms with van der Waals surface area (Å²) in [7, 11) is 1.63. The molecule has 5 rings (SSSR count). The van der Waals surface area contributed by atoms with Gasteiger partial charge in [0, 0.05) is 10.9 Å². The monoisotopic (exact) mass is 362 g/mol. The van der Waals surface area contributed by atoms with Crippen LogP contribution < -0.4 is 10.3 Å². The Kier molecular flexibility index (Phi) is 3.37. The van der Waals surface area contributed by atoms with Gasteiger partial charge in [-0.25, -0.2) is 4.98 Å². The van der Waals surface area contributed by atoms with Gasteiger partial charge in [-0.3, -0.25) is 9.59 Å². The summed E-state index contributed by atoms with van der Waals surface area (Å²) in [4.78, 5) is 30.0. The molecular weight excluding hydrogens is 344 g/mol. The molecule has 0 N–H and O–H groups in total. The molecule has 6 nitrogen and oxygen atoms in total. The summed E-state index contributed by atoms with van der Waals surface area (Å²) in [5, 5.41) is 0.976. The molecule has 27 heavy (non-hydrogen) atoms. The summed E-state index contributed by atoms with van der Waals surface area (Å²) in [6.07, 6.45) is 0.604. The van der Waals surface area contributed by atoms with Crippen LogP contribution in [0.3, 0.4) is 0 Å². The van der Waals surface area contributed by atoms with E-state index in [1.807, 2.05) is 31.2 Å². The Morgan fingerprint density at radius 3 is 2.89 bits per heavy atom. The summed E-state index contributed by atoms with van der Waals surface area (Å²) >= 11 is 0. The summed E-state index contributed by atoms with van der Waals surface area (Å²) in [6, 6.07) is 9.75. The van der Waals surface area contributed by atoms with Crippen LogP contribution in [0.2, 0.25) is 0 Å². The minimum absolute atomic E-state index is 0.0483. The highest BCUT2D eigenvalue weighted by Crippen LogP contribution is 2.37. The molecule has 0 radical (unpaired) electrons. The van der Waals surface area contributed by atoms with E-state index in [4.69, 9.17) is 14.5 Å². The van der Waals surface area contributed by atoms with Crippen LogP contribution in [0.4, 0.5) is 0 Å². The number of fused-ring (bicyclic) bond motifs is 5. The second-order valence-corrected chi connectivity index (χ2v) is 6.98. The summed E-state index contributed by atoms with van der Waals surface area (Å²) in [5.74, 6) is 0.126. The Morgan fingerprint density at radius 1 is 1.26 bits per heavy atom. The minimum Gasteiger partial charge on any atom is -0.497 e. The van der Waals surface area contributed by atoms with Crippen LogP contribution in [0, 0.1) is 0 Å². The maximum absolute atomic E-state index is 13.1. The molecule has 0 fully saturated rings.